The summed E-state index contributed by atoms with van der Waals surface area (Å²) in [5, 5.41) is 3.13. The van der Waals surface area contributed by atoms with E-state index in [-0.39, 0.29) is 5.38 Å². The van der Waals surface area contributed by atoms with E-state index in [0.29, 0.717) is 6.54 Å². The molecular formula is C14H16ClN3. The molecule has 1 atom stereocenters. The summed E-state index contributed by atoms with van der Waals surface area (Å²) in [5.41, 5.74) is 2.99. The van der Waals surface area contributed by atoms with Crippen molar-refractivity contribution in [2.45, 2.75) is 19.2 Å². The van der Waals surface area contributed by atoms with Crippen molar-refractivity contribution in [2.75, 3.05) is 11.9 Å². The van der Waals surface area contributed by atoms with E-state index in [4.69, 9.17) is 11.6 Å². The average molecular weight is 262 g/mol. The van der Waals surface area contributed by atoms with Gasteiger partial charge in [-0.2, -0.15) is 0 Å². The molecule has 0 aliphatic heterocycles. The number of anilines is 1. The van der Waals surface area contributed by atoms with Crippen molar-refractivity contribution < 1.29 is 0 Å². The van der Waals surface area contributed by atoms with Gasteiger partial charge in [-0.15, -0.1) is 11.6 Å². The molecule has 0 fully saturated rings. The summed E-state index contributed by atoms with van der Waals surface area (Å²) in [7, 11) is 0. The Hall–Kier alpha value is -1.61. The second-order valence-electron chi connectivity index (χ2n) is 4.19. The number of rotatable bonds is 4. The van der Waals surface area contributed by atoms with Crippen LogP contribution in [-0.4, -0.2) is 16.5 Å². The molecule has 0 saturated carbocycles. The zero-order valence-electron chi connectivity index (χ0n) is 10.5. The molecule has 2 rings (SSSR count). The number of aryl methyl sites for hydroxylation is 2. The first kappa shape index (κ1) is 12.8. The Bertz CT molecular complexity index is 514. The van der Waals surface area contributed by atoms with Crippen LogP contribution >= 0.6 is 11.6 Å². The fourth-order valence-electron chi connectivity index (χ4n) is 1.60. The largest absolute Gasteiger partial charge is 0.367 e. The number of nitrogens with zero attached hydrogens (tertiary/aromatic N) is 2. The Balaban J connectivity index is 1.97. The smallest absolute Gasteiger partial charge is 0.144 e. The molecule has 0 bridgehead atoms. The first-order valence-electron chi connectivity index (χ1n) is 5.90. The summed E-state index contributed by atoms with van der Waals surface area (Å²) in [6.45, 7) is 4.52. The van der Waals surface area contributed by atoms with Gasteiger partial charge in [-0.3, -0.25) is 4.98 Å². The van der Waals surface area contributed by atoms with Crippen molar-refractivity contribution in [3.05, 3.63) is 53.5 Å². The maximum atomic E-state index is 6.32. The quantitative estimate of drug-likeness (QED) is 0.857. The van der Waals surface area contributed by atoms with Gasteiger partial charge in [0.05, 0.1) is 23.0 Å². The highest BCUT2D eigenvalue weighted by molar-refractivity contribution is 6.21. The molecule has 18 heavy (non-hydrogen) atoms. The molecule has 0 amide bonds. The number of hydrogen-bond donors (Lipinski definition) is 1. The third kappa shape index (κ3) is 3.20. The molecule has 1 aromatic carbocycles. The van der Waals surface area contributed by atoms with Gasteiger partial charge < -0.3 is 5.32 Å². The summed E-state index contributed by atoms with van der Waals surface area (Å²) in [6.07, 6.45) is 1.73. The van der Waals surface area contributed by atoms with Crippen LogP contribution < -0.4 is 5.32 Å². The van der Waals surface area contributed by atoms with Crippen LogP contribution in [0, 0.1) is 13.8 Å². The normalized spacial score (nSPS) is 12.2. The number of halogens is 1. The van der Waals surface area contributed by atoms with E-state index >= 15 is 0 Å². The number of alkyl halides is 1. The molecule has 4 heteroatoms. The lowest BCUT2D eigenvalue weighted by molar-refractivity contribution is 0.950. The summed E-state index contributed by atoms with van der Waals surface area (Å²) in [6, 6.07) is 9.99. The highest BCUT2D eigenvalue weighted by Crippen LogP contribution is 2.20. The van der Waals surface area contributed by atoms with Crippen molar-refractivity contribution in [1.29, 1.82) is 0 Å². The van der Waals surface area contributed by atoms with E-state index in [1.807, 2.05) is 44.2 Å². The monoisotopic (exact) mass is 261 g/mol. The van der Waals surface area contributed by atoms with Gasteiger partial charge in [-0.25, -0.2) is 4.98 Å². The lowest BCUT2D eigenvalue weighted by Gasteiger charge is -2.12. The Labute approximate surface area is 112 Å². The van der Waals surface area contributed by atoms with E-state index in [0.717, 1.165) is 22.8 Å². The van der Waals surface area contributed by atoms with Crippen molar-refractivity contribution in [1.82, 2.24) is 9.97 Å². The fourth-order valence-corrected chi connectivity index (χ4v) is 1.82. The zero-order valence-corrected chi connectivity index (χ0v) is 11.3. The third-order valence-corrected chi connectivity index (χ3v) is 3.22. The topological polar surface area (TPSA) is 37.8 Å². The van der Waals surface area contributed by atoms with Crippen LogP contribution in [0.1, 0.15) is 22.3 Å². The van der Waals surface area contributed by atoms with Crippen LogP contribution in [0.25, 0.3) is 0 Å². The molecule has 3 nitrogen and oxygen atoms in total. The average Bonchev–Trinajstić information content (AvgIpc) is 2.41. The molecule has 0 aliphatic rings. The SMILES string of the molecule is Cc1ncc(NCC(Cl)c2ccccc2)nc1C. The van der Waals surface area contributed by atoms with Crippen LogP contribution in [0.5, 0.6) is 0 Å². The van der Waals surface area contributed by atoms with Crippen LogP contribution in [-0.2, 0) is 0 Å². The molecule has 0 saturated heterocycles. The molecule has 1 heterocycles. The molecule has 2 aromatic rings. The standard InChI is InChI=1S/C14H16ClN3/c1-10-11(2)18-14(9-16-10)17-8-13(15)12-6-4-3-5-7-12/h3-7,9,13H,8H2,1-2H3,(H,17,18). The van der Waals surface area contributed by atoms with Gasteiger partial charge in [0.2, 0.25) is 0 Å². The van der Waals surface area contributed by atoms with Gasteiger partial charge in [0.15, 0.2) is 0 Å². The maximum absolute atomic E-state index is 6.32. The predicted molar refractivity (Wildman–Crippen MR) is 75.0 cm³/mol. The second-order valence-corrected chi connectivity index (χ2v) is 4.71. The Morgan fingerprint density at radius 1 is 1.17 bits per heavy atom. The Kier molecular flexibility index (Phi) is 4.15. The number of hydrogen-bond acceptors (Lipinski definition) is 3. The van der Waals surface area contributed by atoms with Gasteiger partial charge >= 0.3 is 0 Å². The van der Waals surface area contributed by atoms with E-state index in [9.17, 15) is 0 Å². The summed E-state index contributed by atoms with van der Waals surface area (Å²) < 4.78 is 0. The minimum atomic E-state index is -0.0744. The number of benzene rings is 1. The first-order valence-corrected chi connectivity index (χ1v) is 6.33. The van der Waals surface area contributed by atoms with E-state index in [1.165, 1.54) is 0 Å². The third-order valence-electron chi connectivity index (χ3n) is 2.82. The molecule has 0 spiro atoms. The number of aromatic nitrogens is 2. The van der Waals surface area contributed by atoms with Crippen molar-refractivity contribution in [3.63, 3.8) is 0 Å². The summed E-state index contributed by atoms with van der Waals surface area (Å²) in [5.74, 6) is 0.764. The van der Waals surface area contributed by atoms with Crippen LogP contribution in [0.15, 0.2) is 36.5 Å². The lowest BCUT2D eigenvalue weighted by Crippen LogP contribution is -2.10. The minimum absolute atomic E-state index is 0.0744. The molecular weight excluding hydrogens is 246 g/mol. The Morgan fingerprint density at radius 2 is 1.89 bits per heavy atom. The summed E-state index contributed by atoms with van der Waals surface area (Å²) in [4.78, 5) is 8.67. The molecule has 94 valence electrons. The molecule has 1 aromatic heterocycles. The predicted octanol–water partition coefficient (Wildman–Crippen LogP) is 3.49. The highest BCUT2D eigenvalue weighted by atomic mass is 35.5. The van der Waals surface area contributed by atoms with E-state index in [2.05, 4.69) is 15.3 Å². The van der Waals surface area contributed by atoms with Crippen molar-refractivity contribution in [2.24, 2.45) is 0 Å². The maximum Gasteiger partial charge on any atom is 0.144 e. The molecule has 1 N–H and O–H groups in total. The highest BCUT2D eigenvalue weighted by Gasteiger charge is 2.07. The van der Waals surface area contributed by atoms with E-state index < -0.39 is 0 Å². The van der Waals surface area contributed by atoms with Gasteiger partial charge in [0.25, 0.3) is 0 Å². The molecule has 1 unspecified atom stereocenters. The first-order chi connectivity index (χ1) is 8.66. The Morgan fingerprint density at radius 3 is 2.56 bits per heavy atom. The van der Waals surface area contributed by atoms with Gasteiger partial charge in [0, 0.05) is 6.54 Å². The van der Waals surface area contributed by atoms with E-state index in [1.54, 1.807) is 6.20 Å². The van der Waals surface area contributed by atoms with Gasteiger partial charge in [-0.05, 0) is 19.4 Å². The minimum Gasteiger partial charge on any atom is -0.367 e. The zero-order chi connectivity index (χ0) is 13.0. The number of nitrogens with one attached hydrogen (secondary N) is 1. The van der Waals surface area contributed by atoms with Crippen molar-refractivity contribution >= 4 is 17.4 Å². The summed E-state index contributed by atoms with van der Waals surface area (Å²) >= 11 is 6.32. The van der Waals surface area contributed by atoms with Crippen LogP contribution in [0.4, 0.5) is 5.82 Å². The van der Waals surface area contributed by atoms with Gasteiger partial charge in [0.1, 0.15) is 5.82 Å². The van der Waals surface area contributed by atoms with Crippen molar-refractivity contribution in [3.8, 4) is 0 Å². The molecule has 0 radical (unpaired) electrons. The van der Waals surface area contributed by atoms with Gasteiger partial charge in [-0.1, -0.05) is 30.3 Å². The fraction of sp³-hybridized carbons (Fsp3) is 0.286. The molecule has 0 aliphatic carbocycles. The van der Waals surface area contributed by atoms with Crippen LogP contribution in [0.3, 0.4) is 0 Å². The lowest BCUT2D eigenvalue weighted by atomic mass is 10.1. The second kappa shape index (κ2) is 5.83. The van der Waals surface area contributed by atoms with Crippen LogP contribution in [0.2, 0.25) is 0 Å².